The third kappa shape index (κ3) is 1.45. The summed E-state index contributed by atoms with van der Waals surface area (Å²) in [6, 6.07) is 4.90. The van der Waals surface area contributed by atoms with Crippen molar-refractivity contribution in [2.75, 3.05) is 0 Å². The van der Waals surface area contributed by atoms with E-state index >= 15 is 0 Å². The molecule has 0 aliphatic carbocycles. The molecule has 0 aliphatic heterocycles. The van der Waals surface area contributed by atoms with Gasteiger partial charge in [-0.2, -0.15) is 5.10 Å². The average molecular weight is 189 g/mol. The zero-order chi connectivity index (χ0) is 9.97. The summed E-state index contributed by atoms with van der Waals surface area (Å²) in [6.45, 7) is 0. The molecule has 0 aromatic carbocycles. The van der Waals surface area contributed by atoms with Crippen molar-refractivity contribution in [1.82, 2.24) is 20.0 Å². The van der Waals surface area contributed by atoms with Gasteiger partial charge in [-0.25, -0.2) is 4.68 Å². The molecule has 0 radical (unpaired) electrons. The van der Waals surface area contributed by atoms with Crippen LogP contribution in [0.2, 0.25) is 0 Å². The van der Waals surface area contributed by atoms with Gasteiger partial charge in [0.15, 0.2) is 11.5 Å². The number of amides is 1. The molecule has 6 heteroatoms. The molecule has 0 spiro atoms. The largest absolute Gasteiger partial charge is 0.364 e. The van der Waals surface area contributed by atoms with Gasteiger partial charge < -0.3 is 5.73 Å². The first-order chi connectivity index (χ1) is 6.77. The lowest BCUT2D eigenvalue weighted by Gasteiger charge is -1.98. The van der Waals surface area contributed by atoms with Crippen LogP contribution in [0.4, 0.5) is 0 Å². The van der Waals surface area contributed by atoms with E-state index in [1.165, 1.54) is 10.7 Å². The summed E-state index contributed by atoms with van der Waals surface area (Å²) >= 11 is 0. The van der Waals surface area contributed by atoms with Crippen LogP contribution >= 0.6 is 0 Å². The van der Waals surface area contributed by atoms with Crippen LogP contribution in [0.3, 0.4) is 0 Å². The van der Waals surface area contributed by atoms with Gasteiger partial charge in [0.2, 0.25) is 0 Å². The smallest absolute Gasteiger partial charge is 0.269 e. The highest BCUT2D eigenvalue weighted by molar-refractivity contribution is 5.90. The van der Waals surface area contributed by atoms with Crippen LogP contribution in [0, 0.1) is 0 Å². The van der Waals surface area contributed by atoms with E-state index in [0.29, 0.717) is 5.82 Å². The van der Waals surface area contributed by atoms with E-state index in [2.05, 4.69) is 15.3 Å². The maximum Gasteiger partial charge on any atom is 0.269 e. The van der Waals surface area contributed by atoms with E-state index in [1.807, 2.05) is 0 Å². The van der Waals surface area contributed by atoms with Crippen molar-refractivity contribution in [2.24, 2.45) is 5.73 Å². The van der Waals surface area contributed by atoms with Gasteiger partial charge in [0.05, 0.1) is 0 Å². The first-order valence-electron chi connectivity index (χ1n) is 3.91. The molecule has 2 rings (SSSR count). The first kappa shape index (κ1) is 8.36. The third-order valence-corrected chi connectivity index (χ3v) is 1.64. The summed E-state index contributed by atoms with van der Waals surface area (Å²) in [5.74, 6) is -0.0514. The SMILES string of the molecule is NC(=O)c1ccc(-n2cccn2)nn1. The van der Waals surface area contributed by atoms with Gasteiger partial charge >= 0.3 is 0 Å². The fourth-order valence-corrected chi connectivity index (χ4v) is 0.983. The highest BCUT2D eigenvalue weighted by Crippen LogP contribution is 2.00. The van der Waals surface area contributed by atoms with Crippen LogP contribution in [0.25, 0.3) is 5.82 Å². The van der Waals surface area contributed by atoms with E-state index in [9.17, 15) is 4.79 Å². The van der Waals surface area contributed by atoms with E-state index in [4.69, 9.17) is 5.73 Å². The predicted molar refractivity (Wildman–Crippen MR) is 47.7 cm³/mol. The second-order valence-electron chi connectivity index (χ2n) is 2.59. The number of nitrogens with two attached hydrogens (primary N) is 1. The number of nitrogens with zero attached hydrogens (tertiary/aromatic N) is 4. The molecule has 14 heavy (non-hydrogen) atoms. The molecule has 2 aromatic rings. The average Bonchev–Trinajstić information content (AvgIpc) is 2.71. The van der Waals surface area contributed by atoms with Crippen molar-refractivity contribution in [3.8, 4) is 5.82 Å². The van der Waals surface area contributed by atoms with Gasteiger partial charge in [0.25, 0.3) is 5.91 Å². The lowest BCUT2D eigenvalue weighted by atomic mass is 10.4. The highest BCUT2D eigenvalue weighted by Gasteiger charge is 2.03. The van der Waals surface area contributed by atoms with Gasteiger partial charge in [0.1, 0.15) is 0 Å². The van der Waals surface area contributed by atoms with Crippen LogP contribution in [-0.4, -0.2) is 25.9 Å². The van der Waals surface area contributed by atoms with Crippen LogP contribution < -0.4 is 5.73 Å². The predicted octanol–water partition coefficient (Wildman–Crippen LogP) is -0.239. The molecular weight excluding hydrogens is 182 g/mol. The Morgan fingerprint density at radius 3 is 2.71 bits per heavy atom. The van der Waals surface area contributed by atoms with Gasteiger partial charge in [-0.15, -0.1) is 10.2 Å². The van der Waals surface area contributed by atoms with Crippen LogP contribution in [0.1, 0.15) is 10.5 Å². The molecule has 2 N–H and O–H groups in total. The number of hydrogen-bond donors (Lipinski definition) is 1. The van der Waals surface area contributed by atoms with Gasteiger partial charge in [-0.3, -0.25) is 4.79 Å². The van der Waals surface area contributed by atoms with Crippen LogP contribution in [0.15, 0.2) is 30.6 Å². The molecule has 0 aliphatic rings. The van der Waals surface area contributed by atoms with E-state index in [0.717, 1.165) is 0 Å². The minimum absolute atomic E-state index is 0.140. The maximum absolute atomic E-state index is 10.7. The minimum atomic E-state index is -0.593. The second-order valence-corrected chi connectivity index (χ2v) is 2.59. The molecule has 1 amide bonds. The Bertz CT molecular complexity index is 433. The van der Waals surface area contributed by atoms with Crippen molar-refractivity contribution in [3.05, 3.63) is 36.3 Å². The molecule has 0 saturated heterocycles. The molecule has 2 aromatic heterocycles. The van der Waals surface area contributed by atoms with Crippen molar-refractivity contribution in [3.63, 3.8) is 0 Å². The molecule has 0 bridgehead atoms. The third-order valence-electron chi connectivity index (χ3n) is 1.64. The lowest BCUT2D eigenvalue weighted by Crippen LogP contribution is -2.14. The first-order valence-corrected chi connectivity index (χ1v) is 3.91. The molecule has 6 nitrogen and oxygen atoms in total. The van der Waals surface area contributed by atoms with Crippen molar-refractivity contribution < 1.29 is 4.79 Å². The molecule has 0 fully saturated rings. The zero-order valence-electron chi connectivity index (χ0n) is 7.16. The minimum Gasteiger partial charge on any atom is -0.364 e. The molecule has 0 atom stereocenters. The van der Waals surface area contributed by atoms with E-state index in [1.54, 1.807) is 24.5 Å². The van der Waals surface area contributed by atoms with Crippen molar-refractivity contribution >= 4 is 5.91 Å². The Morgan fingerprint density at radius 2 is 2.21 bits per heavy atom. The highest BCUT2D eigenvalue weighted by atomic mass is 16.1. The molecule has 70 valence electrons. The fraction of sp³-hybridized carbons (Fsp3) is 0. The number of carbonyl (C=O) groups is 1. The van der Waals surface area contributed by atoms with Crippen molar-refractivity contribution in [1.29, 1.82) is 0 Å². The standard InChI is InChI=1S/C8H7N5O/c9-8(14)6-2-3-7(12-11-6)13-5-1-4-10-13/h1-5H,(H2,9,14). The number of hydrogen-bond acceptors (Lipinski definition) is 4. The van der Waals surface area contributed by atoms with Gasteiger partial charge in [-0.05, 0) is 18.2 Å². The topological polar surface area (TPSA) is 86.7 Å². The van der Waals surface area contributed by atoms with Crippen molar-refractivity contribution in [2.45, 2.75) is 0 Å². The molecule has 2 heterocycles. The lowest BCUT2D eigenvalue weighted by molar-refractivity contribution is 0.0994. The molecular formula is C8H7N5O. The Labute approximate surface area is 79.4 Å². The summed E-state index contributed by atoms with van der Waals surface area (Å²) in [7, 11) is 0. The summed E-state index contributed by atoms with van der Waals surface area (Å²) < 4.78 is 1.54. The maximum atomic E-state index is 10.7. The number of primary amides is 1. The van der Waals surface area contributed by atoms with Crippen LogP contribution in [-0.2, 0) is 0 Å². The number of rotatable bonds is 2. The van der Waals surface area contributed by atoms with Gasteiger partial charge in [-0.1, -0.05) is 0 Å². The Kier molecular flexibility index (Phi) is 1.94. The summed E-state index contributed by atoms with van der Waals surface area (Å²) in [5, 5.41) is 11.4. The second kappa shape index (κ2) is 3.25. The zero-order valence-corrected chi connectivity index (χ0v) is 7.16. The van der Waals surface area contributed by atoms with Crippen LogP contribution in [0.5, 0.6) is 0 Å². The normalized spacial score (nSPS) is 10.0. The molecule has 0 unspecified atom stereocenters. The summed E-state index contributed by atoms with van der Waals surface area (Å²) in [5.41, 5.74) is 5.16. The Hall–Kier alpha value is -2.24. The number of aromatic nitrogens is 4. The van der Waals surface area contributed by atoms with E-state index < -0.39 is 5.91 Å². The Morgan fingerprint density at radius 1 is 1.36 bits per heavy atom. The fourth-order valence-electron chi connectivity index (χ4n) is 0.983. The quantitative estimate of drug-likeness (QED) is 0.706. The number of carbonyl (C=O) groups excluding carboxylic acids is 1. The van der Waals surface area contributed by atoms with E-state index in [-0.39, 0.29) is 5.69 Å². The molecule has 0 saturated carbocycles. The summed E-state index contributed by atoms with van der Waals surface area (Å²) in [6.07, 6.45) is 3.36. The summed E-state index contributed by atoms with van der Waals surface area (Å²) in [4.78, 5) is 10.7. The van der Waals surface area contributed by atoms with Gasteiger partial charge in [0, 0.05) is 12.4 Å². The Balaban J connectivity index is 2.36. The monoisotopic (exact) mass is 189 g/mol.